The van der Waals surface area contributed by atoms with Crippen LogP contribution in [0.25, 0.3) is 0 Å². The molecular weight excluding hydrogens is 268 g/mol. The van der Waals surface area contributed by atoms with Crippen molar-refractivity contribution in [3.63, 3.8) is 0 Å². The van der Waals surface area contributed by atoms with Crippen molar-refractivity contribution in [1.29, 1.82) is 0 Å². The van der Waals surface area contributed by atoms with Crippen molar-refractivity contribution in [3.8, 4) is 11.5 Å². The van der Waals surface area contributed by atoms with E-state index in [1.165, 1.54) is 0 Å². The molecule has 0 aromatic heterocycles. The first-order valence-corrected chi connectivity index (χ1v) is 4.78. The third-order valence-corrected chi connectivity index (χ3v) is 2.05. The summed E-state index contributed by atoms with van der Waals surface area (Å²) >= 11 is 0. The number of carbonyl (C=O) groups is 1. The van der Waals surface area contributed by atoms with Crippen LogP contribution < -0.4 is 10.5 Å². The van der Waals surface area contributed by atoms with E-state index in [1.54, 1.807) is 42.5 Å². The molecule has 0 heterocycles. The average molecular weight is 278 g/mol. The standard InChI is InChI=1S/C13H10NO2.Zn/c14-11-3-7-13(8-4-11)16-12-5-1-10(9-15)2-6-12;/h1-5,7-9H,14H2;/q-1;. The van der Waals surface area contributed by atoms with Crippen LogP contribution in [-0.4, -0.2) is 6.29 Å². The zero-order valence-corrected chi connectivity index (χ0v) is 12.2. The number of anilines is 1. The van der Waals surface area contributed by atoms with Crippen LogP contribution in [-0.2, 0) is 19.5 Å². The van der Waals surface area contributed by atoms with E-state index in [-0.39, 0.29) is 19.5 Å². The van der Waals surface area contributed by atoms with Gasteiger partial charge in [0.05, 0.1) is 6.29 Å². The molecular formula is C13H10NO2Zn-. The summed E-state index contributed by atoms with van der Waals surface area (Å²) in [6.07, 6.45) is 0.767. The van der Waals surface area contributed by atoms with Crippen molar-refractivity contribution in [2.24, 2.45) is 0 Å². The average Bonchev–Trinajstić information content (AvgIpc) is 2.33. The molecule has 0 spiro atoms. The van der Waals surface area contributed by atoms with Crippen LogP contribution in [0.5, 0.6) is 11.5 Å². The van der Waals surface area contributed by atoms with Crippen LogP contribution in [0.3, 0.4) is 0 Å². The number of benzene rings is 2. The Kier molecular flexibility index (Phi) is 4.86. The van der Waals surface area contributed by atoms with E-state index >= 15 is 0 Å². The van der Waals surface area contributed by atoms with Crippen LogP contribution in [0.1, 0.15) is 10.4 Å². The molecule has 0 saturated heterocycles. The van der Waals surface area contributed by atoms with Crippen molar-refractivity contribution >= 4 is 12.0 Å². The van der Waals surface area contributed by atoms with Gasteiger partial charge in [0.25, 0.3) is 0 Å². The molecule has 0 aliphatic rings. The van der Waals surface area contributed by atoms with E-state index in [0.29, 0.717) is 22.7 Å². The summed E-state index contributed by atoms with van der Waals surface area (Å²) in [4.78, 5) is 10.4. The Morgan fingerprint density at radius 2 is 1.82 bits per heavy atom. The van der Waals surface area contributed by atoms with Gasteiger partial charge in [0.2, 0.25) is 0 Å². The van der Waals surface area contributed by atoms with Gasteiger partial charge in [0.1, 0.15) is 5.75 Å². The van der Waals surface area contributed by atoms with Crippen LogP contribution in [0.2, 0.25) is 0 Å². The number of ether oxygens (including phenoxy) is 1. The third-order valence-electron chi connectivity index (χ3n) is 2.05. The van der Waals surface area contributed by atoms with Crippen LogP contribution in [0.4, 0.5) is 5.69 Å². The van der Waals surface area contributed by atoms with E-state index in [9.17, 15) is 4.79 Å². The van der Waals surface area contributed by atoms with Gasteiger partial charge in [-0.25, -0.2) is 0 Å². The Balaban J connectivity index is 0.00000144. The number of hydrogen-bond donors (Lipinski definition) is 1. The molecule has 0 unspecified atom stereocenters. The van der Waals surface area contributed by atoms with Crippen molar-refractivity contribution in [2.75, 3.05) is 5.73 Å². The van der Waals surface area contributed by atoms with Crippen molar-refractivity contribution in [2.45, 2.75) is 0 Å². The first kappa shape index (κ1) is 13.4. The summed E-state index contributed by atoms with van der Waals surface area (Å²) in [7, 11) is 0. The molecule has 0 aliphatic carbocycles. The molecule has 17 heavy (non-hydrogen) atoms. The fourth-order valence-corrected chi connectivity index (χ4v) is 1.22. The van der Waals surface area contributed by atoms with Gasteiger partial charge in [-0.3, -0.25) is 0 Å². The van der Waals surface area contributed by atoms with Gasteiger partial charge in [-0.2, -0.15) is 12.1 Å². The van der Waals surface area contributed by atoms with Gasteiger partial charge in [0, 0.05) is 30.9 Å². The van der Waals surface area contributed by atoms with Gasteiger partial charge in [0.15, 0.2) is 0 Å². The Morgan fingerprint density at radius 1 is 1.12 bits per heavy atom. The van der Waals surface area contributed by atoms with Crippen LogP contribution >= 0.6 is 0 Å². The Hall–Kier alpha value is -1.67. The molecule has 82 valence electrons. The van der Waals surface area contributed by atoms with Crippen molar-refractivity contribution < 1.29 is 29.0 Å². The summed E-state index contributed by atoms with van der Waals surface area (Å²) in [5.74, 6) is 1.25. The second kappa shape index (κ2) is 6.16. The second-order valence-corrected chi connectivity index (χ2v) is 3.28. The van der Waals surface area contributed by atoms with Crippen molar-refractivity contribution in [3.05, 3.63) is 54.1 Å². The Bertz CT molecular complexity index is 480. The van der Waals surface area contributed by atoms with E-state index < -0.39 is 0 Å². The van der Waals surface area contributed by atoms with E-state index in [0.717, 1.165) is 6.29 Å². The van der Waals surface area contributed by atoms with Gasteiger partial charge in [-0.1, -0.05) is 5.56 Å². The molecule has 0 aliphatic heterocycles. The fraction of sp³-hybridized carbons (Fsp3) is 0. The molecule has 0 fully saturated rings. The summed E-state index contributed by atoms with van der Waals surface area (Å²) in [6, 6.07) is 14.9. The number of nitrogen functional groups attached to an aromatic ring is 1. The topological polar surface area (TPSA) is 52.3 Å². The monoisotopic (exact) mass is 276 g/mol. The molecule has 0 radical (unpaired) electrons. The molecule has 0 amide bonds. The second-order valence-electron chi connectivity index (χ2n) is 3.28. The first-order valence-electron chi connectivity index (χ1n) is 4.78. The van der Waals surface area contributed by atoms with E-state index in [1.807, 2.05) is 0 Å². The Labute approximate surface area is 112 Å². The zero-order chi connectivity index (χ0) is 11.4. The SMILES string of the molecule is Nc1ccc(Oc2[c-]cc(C=O)cc2)cc1.[Zn]. The minimum absolute atomic E-state index is 0. The molecule has 0 saturated carbocycles. The first-order chi connectivity index (χ1) is 7.78. The minimum Gasteiger partial charge on any atom is -0.483 e. The predicted octanol–water partition coefficient (Wildman–Crippen LogP) is 2.67. The number of carbonyl (C=O) groups excluding carboxylic acids is 1. The molecule has 0 bridgehead atoms. The Morgan fingerprint density at radius 3 is 2.35 bits per heavy atom. The molecule has 2 aromatic rings. The van der Waals surface area contributed by atoms with Gasteiger partial charge >= 0.3 is 0 Å². The summed E-state index contributed by atoms with van der Waals surface area (Å²) < 4.78 is 5.51. The van der Waals surface area contributed by atoms with Crippen LogP contribution in [0.15, 0.2) is 42.5 Å². The molecule has 2 N–H and O–H groups in total. The summed E-state index contributed by atoms with van der Waals surface area (Å²) in [6.45, 7) is 0. The van der Waals surface area contributed by atoms with Crippen LogP contribution in [0, 0.1) is 6.07 Å². The van der Waals surface area contributed by atoms with E-state index in [2.05, 4.69) is 6.07 Å². The minimum atomic E-state index is 0. The molecule has 3 nitrogen and oxygen atoms in total. The molecule has 2 rings (SSSR count). The third kappa shape index (κ3) is 3.68. The predicted molar refractivity (Wildman–Crippen MR) is 61.6 cm³/mol. The van der Waals surface area contributed by atoms with Gasteiger partial charge in [-0.05, 0) is 24.3 Å². The van der Waals surface area contributed by atoms with Crippen molar-refractivity contribution in [1.82, 2.24) is 0 Å². The maximum absolute atomic E-state index is 10.4. The normalized spacial score (nSPS) is 9.18. The summed E-state index contributed by atoms with van der Waals surface area (Å²) in [5, 5.41) is 0. The smallest absolute Gasteiger partial charge is 0.124 e. The number of rotatable bonds is 3. The van der Waals surface area contributed by atoms with Gasteiger partial charge < -0.3 is 15.3 Å². The van der Waals surface area contributed by atoms with Gasteiger partial charge in [-0.15, -0.1) is 12.1 Å². The quantitative estimate of drug-likeness (QED) is 0.406. The largest absolute Gasteiger partial charge is 0.483 e. The number of nitrogens with two attached hydrogens (primary N) is 1. The van der Waals surface area contributed by atoms with E-state index in [4.69, 9.17) is 10.5 Å². The fourth-order valence-electron chi connectivity index (χ4n) is 1.22. The number of aldehydes is 1. The molecule has 0 atom stereocenters. The maximum Gasteiger partial charge on any atom is 0.124 e. The zero-order valence-electron chi connectivity index (χ0n) is 9.22. The molecule has 2 aromatic carbocycles. The maximum atomic E-state index is 10.4. The number of hydrogen-bond acceptors (Lipinski definition) is 3. The molecule has 4 heteroatoms. The summed E-state index contributed by atoms with van der Waals surface area (Å²) in [5.41, 5.74) is 6.82.